The monoisotopic (exact) mass is 223 g/mol. The highest BCUT2D eigenvalue weighted by atomic mass is 19.1. The van der Waals surface area contributed by atoms with Gasteiger partial charge < -0.3 is 9.47 Å². The van der Waals surface area contributed by atoms with Crippen LogP contribution in [0.3, 0.4) is 0 Å². The van der Waals surface area contributed by atoms with Crippen LogP contribution in [0.1, 0.15) is 18.1 Å². The second-order valence-electron chi connectivity index (χ2n) is 3.47. The van der Waals surface area contributed by atoms with Crippen LogP contribution in [-0.4, -0.2) is 19.8 Å². The molecule has 1 aromatic carbocycles. The highest BCUT2D eigenvalue weighted by Crippen LogP contribution is 2.13. The molecule has 0 aromatic heterocycles. The van der Waals surface area contributed by atoms with Gasteiger partial charge in [0.2, 0.25) is 0 Å². The lowest BCUT2D eigenvalue weighted by Gasteiger charge is -2.12. The summed E-state index contributed by atoms with van der Waals surface area (Å²) in [7, 11) is 1.58. The van der Waals surface area contributed by atoms with Crippen LogP contribution in [0, 0.1) is 17.1 Å². The van der Waals surface area contributed by atoms with E-state index in [-0.39, 0.29) is 18.3 Å². The third-order valence-corrected chi connectivity index (χ3v) is 2.12. The highest BCUT2D eigenvalue weighted by molar-refractivity contribution is 5.34. The quantitative estimate of drug-likeness (QED) is 0.768. The zero-order valence-corrected chi connectivity index (χ0v) is 9.37. The van der Waals surface area contributed by atoms with Gasteiger partial charge in [0.15, 0.2) is 0 Å². The summed E-state index contributed by atoms with van der Waals surface area (Å²) in [4.78, 5) is 0. The maximum atomic E-state index is 13.6. The van der Waals surface area contributed by atoms with Crippen molar-refractivity contribution in [3.05, 3.63) is 35.1 Å². The fraction of sp³-hybridized carbons (Fsp3) is 0.417. The first kappa shape index (κ1) is 12.6. The molecule has 86 valence electrons. The molecule has 0 radical (unpaired) electrons. The smallest absolute Gasteiger partial charge is 0.146 e. The van der Waals surface area contributed by atoms with Crippen molar-refractivity contribution in [2.24, 2.45) is 0 Å². The minimum absolute atomic E-state index is 0.0421. The van der Waals surface area contributed by atoms with Gasteiger partial charge in [-0.05, 0) is 13.0 Å². The van der Waals surface area contributed by atoms with Gasteiger partial charge in [-0.25, -0.2) is 4.39 Å². The maximum Gasteiger partial charge on any atom is 0.146 e. The van der Waals surface area contributed by atoms with Crippen LogP contribution in [0.5, 0.6) is 0 Å². The van der Waals surface area contributed by atoms with Crippen molar-refractivity contribution in [3.63, 3.8) is 0 Å². The fourth-order valence-corrected chi connectivity index (χ4v) is 1.29. The Morgan fingerprint density at radius 3 is 2.88 bits per heavy atom. The maximum absolute atomic E-state index is 13.6. The first-order valence-corrected chi connectivity index (χ1v) is 4.97. The Kier molecular flexibility index (Phi) is 4.90. The molecule has 0 saturated carbocycles. The summed E-state index contributed by atoms with van der Waals surface area (Å²) in [5.41, 5.74) is 0.433. The highest BCUT2D eigenvalue weighted by Gasteiger charge is 2.09. The molecular weight excluding hydrogens is 209 g/mol. The normalized spacial score (nSPS) is 12.1. The zero-order valence-electron chi connectivity index (χ0n) is 9.37. The molecule has 0 bridgehead atoms. The number of methoxy groups -OCH3 is 1. The van der Waals surface area contributed by atoms with Crippen LogP contribution in [0.2, 0.25) is 0 Å². The lowest BCUT2D eigenvalue weighted by atomic mass is 10.1. The summed E-state index contributed by atoms with van der Waals surface area (Å²) in [5.74, 6) is -0.505. The van der Waals surface area contributed by atoms with E-state index in [2.05, 4.69) is 0 Å². The standard InChI is InChI=1S/C12H14FNO2/c1-9(7-15-2)16-8-11-5-3-4-10(6-14)12(11)13/h3-5,9H,7-8H2,1-2H3. The fourth-order valence-electron chi connectivity index (χ4n) is 1.29. The van der Waals surface area contributed by atoms with E-state index in [4.69, 9.17) is 14.7 Å². The van der Waals surface area contributed by atoms with E-state index in [1.54, 1.807) is 25.3 Å². The van der Waals surface area contributed by atoms with Crippen LogP contribution in [0.25, 0.3) is 0 Å². The topological polar surface area (TPSA) is 42.2 Å². The van der Waals surface area contributed by atoms with E-state index in [0.717, 1.165) is 0 Å². The molecule has 0 amide bonds. The molecule has 4 heteroatoms. The number of nitrogens with zero attached hydrogens (tertiary/aromatic N) is 1. The Bertz CT molecular complexity index is 387. The Balaban J connectivity index is 2.64. The van der Waals surface area contributed by atoms with Crippen molar-refractivity contribution in [2.75, 3.05) is 13.7 Å². The van der Waals surface area contributed by atoms with Crippen molar-refractivity contribution in [3.8, 4) is 6.07 Å². The van der Waals surface area contributed by atoms with Crippen molar-refractivity contribution in [1.82, 2.24) is 0 Å². The van der Waals surface area contributed by atoms with Gasteiger partial charge >= 0.3 is 0 Å². The average Bonchev–Trinajstić information content (AvgIpc) is 2.28. The molecule has 1 rings (SSSR count). The third kappa shape index (κ3) is 3.30. The number of nitriles is 1. The van der Waals surface area contributed by atoms with Gasteiger partial charge in [0.25, 0.3) is 0 Å². The number of rotatable bonds is 5. The summed E-state index contributed by atoms with van der Waals surface area (Å²) in [6.45, 7) is 2.45. The number of ether oxygens (including phenoxy) is 2. The van der Waals surface area contributed by atoms with Gasteiger partial charge in [-0.1, -0.05) is 12.1 Å². The first-order valence-electron chi connectivity index (χ1n) is 4.97. The second kappa shape index (κ2) is 6.21. The largest absolute Gasteiger partial charge is 0.382 e. The van der Waals surface area contributed by atoms with Crippen LogP contribution < -0.4 is 0 Å². The molecule has 0 saturated heterocycles. The summed E-state index contributed by atoms with van der Waals surface area (Å²) in [6, 6.07) is 6.48. The Morgan fingerprint density at radius 1 is 1.50 bits per heavy atom. The van der Waals surface area contributed by atoms with Crippen LogP contribution in [0.15, 0.2) is 18.2 Å². The molecule has 1 atom stereocenters. The van der Waals surface area contributed by atoms with Gasteiger partial charge in [0.05, 0.1) is 24.9 Å². The van der Waals surface area contributed by atoms with E-state index < -0.39 is 5.82 Å². The number of hydrogen-bond donors (Lipinski definition) is 0. The molecular formula is C12H14FNO2. The summed E-state index contributed by atoms with van der Waals surface area (Å²) >= 11 is 0. The van der Waals surface area contributed by atoms with Gasteiger partial charge in [0.1, 0.15) is 11.9 Å². The number of hydrogen-bond acceptors (Lipinski definition) is 3. The van der Waals surface area contributed by atoms with Crippen LogP contribution in [-0.2, 0) is 16.1 Å². The third-order valence-electron chi connectivity index (χ3n) is 2.12. The van der Waals surface area contributed by atoms with Crippen LogP contribution >= 0.6 is 0 Å². The van der Waals surface area contributed by atoms with E-state index in [9.17, 15) is 4.39 Å². The lowest BCUT2D eigenvalue weighted by Crippen LogP contribution is -2.15. The van der Waals surface area contributed by atoms with Gasteiger partial charge in [-0.3, -0.25) is 0 Å². The van der Waals surface area contributed by atoms with Crippen molar-refractivity contribution >= 4 is 0 Å². The Labute approximate surface area is 94.4 Å². The summed E-state index contributed by atoms with van der Waals surface area (Å²) < 4.78 is 23.8. The van der Waals surface area contributed by atoms with E-state index in [1.807, 2.05) is 6.92 Å². The molecule has 0 aliphatic rings. The first-order chi connectivity index (χ1) is 7.69. The van der Waals surface area contributed by atoms with Gasteiger partial charge in [-0.2, -0.15) is 5.26 Å². The van der Waals surface area contributed by atoms with Crippen molar-refractivity contribution in [1.29, 1.82) is 5.26 Å². The molecule has 0 aliphatic heterocycles. The SMILES string of the molecule is COCC(C)OCc1cccc(C#N)c1F. The number of halogens is 1. The zero-order chi connectivity index (χ0) is 12.0. The van der Waals surface area contributed by atoms with E-state index >= 15 is 0 Å². The minimum atomic E-state index is -0.505. The number of benzene rings is 1. The molecule has 1 unspecified atom stereocenters. The predicted molar refractivity (Wildman–Crippen MR) is 57.2 cm³/mol. The van der Waals surface area contributed by atoms with Gasteiger partial charge in [0, 0.05) is 12.7 Å². The summed E-state index contributed by atoms with van der Waals surface area (Å²) in [6.07, 6.45) is -0.102. The predicted octanol–water partition coefficient (Wildman–Crippen LogP) is 2.25. The molecule has 0 heterocycles. The molecule has 16 heavy (non-hydrogen) atoms. The average molecular weight is 223 g/mol. The molecule has 0 aliphatic carbocycles. The Hall–Kier alpha value is -1.44. The molecule has 3 nitrogen and oxygen atoms in total. The minimum Gasteiger partial charge on any atom is -0.382 e. The second-order valence-corrected chi connectivity index (χ2v) is 3.47. The molecule has 1 aromatic rings. The van der Waals surface area contributed by atoms with Crippen molar-refractivity contribution < 1.29 is 13.9 Å². The molecule has 0 N–H and O–H groups in total. The van der Waals surface area contributed by atoms with Crippen molar-refractivity contribution in [2.45, 2.75) is 19.6 Å². The molecule has 0 spiro atoms. The molecule has 0 fully saturated rings. The van der Waals surface area contributed by atoms with Gasteiger partial charge in [-0.15, -0.1) is 0 Å². The van der Waals surface area contributed by atoms with Crippen LogP contribution in [0.4, 0.5) is 4.39 Å². The van der Waals surface area contributed by atoms with E-state index in [1.165, 1.54) is 6.07 Å². The Morgan fingerprint density at radius 2 is 2.25 bits per heavy atom. The lowest BCUT2D eigenvalue weighted by molar-refractivity contribution is -0.00111. The summed E-state index contributed by atoms with van der Waals surface area (Å²) in [5, 5.41) is 8.65. The van der Waals surface area contributed by atoms with E-state index in [0.29, 0.717) is 12.2 Å².